The number of amides is 1. The van der Waals surface area contributed by atoms with Crippen LogP contribution in [0.5, 0.6) is 0 Å². The van der Waals surface area contributed by atoms with Gasteiger partial charge in [0.05, 0.1) is 23.3 Å². The van der Waals surface area contributed by atoms with Gasteiger partial charge in [0, 0.05) is 19.5 Å². The van der Waals surface area contributed by atoms with E-state index < -0.39 is 0 Å². The van der Waals surface area contributed by atoms with Crippen molar-refractivity contribution in [1.82, 2.24) is 14.5 Å². The molecular weight excluding hydrogens is 318 g/mol. The number of aryl methyl sites for hydroxylation is 2. The molecule has 2 heterocycles. The Morgan fingerprint density at radius 2 is 1.80 bits per heavy atom. The van der Waals surface area contributed by atoms with Crippen molar-refractivity contribution in [2.75, 3.05) is 0 Å². The van der Waals surface area contributed by atoms with Gasteiger partial charge >= 0.3 is 5.69 Å². The summed E-state index contributed by atoms with van der Waals surface area (Å²) >= 11 is 0. The lowest BCUT2D eigenvalue weighted by Gasteiger charge is -2.11. The number of nitrogens with one attached hydrogen (secondary N) is 1. The number of hydrogen-bond donors (Lipinski definition) is 1. The second-order valence-electron chi connectivity index (χ2n) is 6.13. The van der Waals surface area contributed by atoms with Crippen LogP contribution in [0.4, 0.5) is 0 Å². The van der Waals surface area contributed by atoms with Crippen molar-refractivity contribution in [1.29, 1.82) is 0 Å². The maximum Gasteiger partial charge on any atom is 0.329 e. The molecule has 2 aromatic heterocycles. The molecule has 0 saturated heterocycles. The van der Waals surface area contributed by atoms with Gasteiger partial charge in [0.1, 0.15) is 5.76 Å². The molecule has 0 spiro atoms. The van der Waals surface area contributed by atoms with E-state index in [9.17, 15) is 9.59 Å². The first-order valence-electron chi connectivity index (χ1n) is 8.62. The number of hydrogen-bond acceptors (Lipinski definition) is 3. The quantitative estimate of drug-likeness (QED) is 0.718. The molecule has 0 fully saturated rings. The molecule has 3 aromatic rings. The Morgan fingerprint density at radius 1 is 1.12 bits per heavy atom. The molecule has 25 heavy (non-hydrogen) atoms. The summed E-state index contributed by atoms with van der Waals surface area (Å²) in [5.74, 6) is 0.605. The molecule has 0 saturated carbocycles. The summed E-state index contributed by atoms with van der Waals surface area (Å²) in [6.07, 6.45) is 2.71. The highest BCUT2D eigenvalue weighted by Crippen LogP contribution is 2.15. The first-order valence-corrected chi connectivity index (χ1v) is 8.62. The van der Waals surface area contributed by atoms with E-state index in [1.54, 1.807) is 21.5 Å². The minimum atomic E-state index is -0.194. The molecule has 0 bridgehead atoms. The number of nitrogens with zero attached hydrogens (tertiary/aromatic N) is 2. The van der Waals surface area contributed by atoms with E-state index in [4.69, 9.17) is 4.42 Å². The van der Waals surface area contributed by atoms with Gasteiger partial charge in [-0.05, 0) is 37.6 Å². The van der Waals surface area contributed by atoms with E-state index in [-0.39, 0.29) is 24.1 Å². The maximum atomic E-state index is 12.7. The Hall–Kier alpha value is -2.76. The van der Waals surface area contributed by atoms with Crippen LogP contribution in [0.2, 0.25) is 0 Å². The van der Waals surface area contributed by atoms with E-state index in [1.165, 1.54) is 0 Å². The second kappa shape index (κ2) is 7.42. The third kappa shape index (κ3) is 3.52. The zero-order chi connectivity index (χ0) is 17.8. The lowest BCUT2D eigenvalue weighted by molar-refractivity contribution is -0.122. The lowest BCUT2D eigenvalue weighted by atomic mass is 10.2. The van der Waals surface area contributed by atoms with Gasteiger partial charge < -0.3 is 9.73 Å². The van der Waals surface area contributed by atoms with Gasteiger partial charge in [-0.25, -0.2) is 4.79 Å². The van der Waals surface area contributed by atoms with Crippen LogP contribution in [-0.2, 0) is 17.9 Å². The van der Waals surface area contributed by atoms with Crippen LogP contribution in [0.1, 0.15) is 38.5 Å². The maximum absolute atomic E-state index is 12.7. The first-order chi connectivity index (χ1) is 12.1. The molecule has 0 unspecified atom stereocenters. The Labute approximate surface area is 146 Å². The average Bonchev–Trinajstić information content (AvgIpc) is 3.22. The smallest absolute Gasteiger partial charge is 0.329 e. The number of carbonyl (C=O) groups is 1. The summed E-state index contributed by atoms with van der Waals surface area (Å²) in [5, 5.41) is 2.90. The van der Waals surface area contributed by atoms with Crippen LogP contribution in [0.25, 0.3) is 11.0 Å². The van der Waals surface area contributed by atoms with Gasteiger partial charge in [0.15, 0.2) is 0 Å². The molecule has 1 amide bonds. The summed E-state index contributed by atoms with van der Waals surface area (Å²) in [4.78, 5) is 24.9. The predicted octanol–water partition coefficient (Wildman–Crippen LogP) is 3.07. The summed E-state index contributed by atoms with van der Waals surface area (Å²) in [5.41, 5.74) is 1.72. The zero-order valence-corrected chi connectivity index (χ0v) is 14.6. The molecule has 6 nitrogen and oxygen atoms in total. The highest BCUT2D eigenvalue weighted by Gasteiger charge is 2.15. The SMILES string of the molecule is CCCn1c(=O)n(CCC(=O)N[C@H](C)c2ccco2)c2ccccc21. The molecule has 3 rings (SSSR count). The molecular formula is C19H23N3O3. The van der Waals surface area contributed by atoms with Gasteiger partial charge in [-0.1, -0.05) is 19.1 Å². The van der Waals surface area contributed by atoms with Gasteiger partial charge in [-0.2, -0.15) is 0 Å². The van der Waals surface area contributed by atoms with Gasteiger partial charge in [0.25, 0.3) is 0 Å². The van der Waals surface area contributed by atoms with Crippen LogP contribution in [0.3, 0.4) is 0 Å². The number of rotatable bonds is 7. The van der Waals surface area contributed by atoms with Crippen LogP contribution in [0, 0.1) is 0 Å². The normalized spacial score (nSPS) is 12.4. The average molecular weight is 341 g/mol. The second-order valence-corrected chi connectivity index (χ2v) is 6.13. The fraction of sp³-hybridized carbons (Fsp3) is 0.368. The minimum Gasteiger partial charge on any atom is -0.467 e. The van der Waals surface area contributed by atoms with Crippen molar-refractivity contribution in [3.63, 3.8) is 0 Å². The Kier molecular flexibility index (Phi) is 5.07. The van der Waals surface area contributed by atoms with Crippen LogP contribution >= 0.6 is 0 Å². The van der Waals surface area contributed by atoms with Gasteiger partial charge in [-0.3, -0.25) is 13.9 Å². The Morgan fingerprint density at radius 3 is 2.40 bits per heavy atom. The van der Waals surface area contributed by atoms with Crippen molar-refractivity contribution in [2.24, 2.45) is 0 Å². The van der Waals surface area contributed by atoms with Crippen molar-refractivity contribution in [3.05, 3.63) is 58.9 Å². The van der Waals surface area contributed by atoms with E-state index in [1.807, 2.05) is 44.2 Å². The molecule has 1 aromatic carbocycles. The van der Waals surface area contributed by atoms with Gasteiger partial charge in [0.2, 0.25) is 5.91 Å². The lowest BCUT2D eigenvalue weighted by Crippen LogP contribution is -2.30. The number of para-hydroxylation sites is 2. The van der Waals surface area contributed by atoms with E-state index in [2.05, 4.69) is 5.32 Å². The largest absolute Gasteiger partial charge is 0.467 e. The van der Waals surface area contributed by atoms with Crippen molar-refractivity contribution in [3.8, 4) is 0 Å². The molecule has 0 radical (unpaired) electrons. The molecule has 0 aliphatic rings. The van der Waals surface area contributed by atoms with Crippen molar-refractivity contribution >= 4 is 16.9 Å². The number of furan rings is 1. The van der Waals surface area contributed by atoms with Crippen LogP contribution in [0.15, 0.2) is 51.9 Å². The molecule has 1 atom stereocenters. The third-order valence-corrected chi connectivity index (χ3v) is 4.28. The molecule has 132 valence electrons. The molecule has 0 aliphatic carbocycles. The summed E-state index contributed by atoms with van der Waals surface area (Å²) in [7, 11) is 0. The van der Waals surface area contributed by atoms with E-state index in [0.29, 0.717) is 18.8 Å². The number of imidazole rings is 1. The zero-order valence-electron chi connectivity index (χ0n) is 14.6. The van der Waals surface area contributed by atoms with E-state index >= 15 is 0 Å². The molecule has 0 aliphatic heterocycles. The third-order valence-electron chi connectivity index (χ3n) is 4.28. The number of aromatic nitrogens is 2. The highest BCUT2D eigenvalue weighted by molar-refractivity contribution is 5.78. The van der Waals surface area contributed by atoms with Crippen LogP contribution in [-0.4, -0.2) is 15.0 Å². The number of carbonyl (C=O) groups excluding carboxylic acids is 1. The highest BCUT2D eigenvalue weighted by atomic mass is 16.3. The van der Waals surface area contributed by atoms with Crippen molar-refractivity contribution < 1.29 is 9.21 Å². The van der Waals surface area contributed by atoms with E-state index in [0.717, 1.165) is 17.5 Å². The first kappa shape index (κ1) is 17.1. The number of benzene rings is 1. The predicted molar refractivity (Wildman–Crippen MR) is 96.4 cm³/mol. The topological polar surface area (TPSA) is 69.2 Å². The van der Waals surface area contributed by atoms with Crippen molar-refractivity contribution in [2.45, 2.75) is 45.8 Å². The van der Waals surface area contributed by atoms with Gasteiger partial charge in [-0.15, -0.1) is 0 Å². The number of fused-ring (bicyclic) bond motifs is 1. The standard InChI is InChI=1S/C19H23N3O3/c1-3-11-21-15-7-4-5-8-16(15)22(19(21)24)12-10-18(23)20-14(2)17-9-6-13-25-17/h4-9,13-14H,3,10-12H2,1-2H3,(H,20,23)/t14-/m1/s1. The fourth-order valence-corrected chi connectivity index (χ4v) is 3.06. The monoisotopic (exact) mass is 341 g/mol. The Balaban J connectivity index is 1.74. The summed E-state index contributed by atoms with van der Waals surface area (Å²) in [6, 6.07) is 11.1. The fourth-order valence-electron chi connectivity index (χ4n) is 3.06. The molecule has 6 heteroatoms. The Bertz CT molecular complexity index is 906. The van der Waals surface area contributed by atoms with Crippen LogP contribution < -0.4 is 11.0 Å². The minimum absolute atomic E-state index is 0.0602. The molecule has 1 N–H and O–H groups in total. The summed E-state index contributed by atoms with van der Waals surface area (Å²) < 4.78 is 8.75. The summed E-state index contributed by atoms with van der Waals surface area (Å²) in [6.45, 7) is 4.94.